The van der Waals surface area contributed by atoms with E-state index in [9.17, 15) is 0 Å². The number of methoxy groups -OCH3 is 1. The number of anilines is 2. The molecule has 162 valence electrons. The highest BCUT2D eigenvalue weighted by Crippen LogP contribution is 2.28. The molecule has 0 aliphatic carbocycles. The van der Waals surface area contributed by atoms with Crippen LogP contribution < -0.4 is 19.9 Å². The van der Waals surface area contributed by atoms with Gasteiger partial charge in [-0.2, -0.15) is 0 Å². The van der Waals surface area contributed by atoms with Gasteiger partial charge in [0.15, 0.2) is 5.96 Å². The number of hydrogen-bond donors (Lipinski definition) is 1. The van der Waals surface area contributed by atoms with Gasteiger partial charge in [-0.3, -0.25) is 4.99 Å². The van der Waals surface area contributed by atoms with Crippen LogP contribution in [0.25, 0.3) is 0 Å². The second-order valence-corrected chi connectivity index (χ2v) is 7.24. The van der Waals surface area contributed by atoms with Crippen LogP contribution in [0.3, 0.4) is 0 Å². The van der Waals surface area contributed by atoms with Crippen LogP contribution in [0, 0.1) is 0 Å². The number of rotatable bonds is 7. The molecule has 1 aliphatic rings. The predicted octanol–water partition coefficient (Wildman–Crippen LogP) is 2.83. The Morgan fingerprint density at radius 1 is 1.10 bits per heavy atom. The maximum absolute atomic E-state index is 5.52. The van der Waals surface area contributed by atoms with Gasteiger partial charge in [-0.05, 0) is 37.6 Å². The number of piperazine rings is 1. The quantitative estimate of drug-likeness (QED) is 0.560. The molecule has 2 heterocycles. The summed E-state index contributed by atoms with van der Waals surface area (Å²) in [5.41, 5.74) is 2.31. The van der Waals surface area contributed by atoms with Crippen molar-refractivity contribution in [1.82, 2.24) is 15.2 Å². The van der Waals surface area contributed by atoms with Gasteiger partial charge in [-0.25, -0.2) is 4.98 Å². The lowest BCUT2D eigenvalue weighted by molar-refractivity contribution is 0.367. The topological polar surface area (TPSA) is 56.2 Å². The minimum atomic E-state index is 0.713. The highest BCUT2D eigenvalue weighted by atomic mass is 16.5. The summed E-state index contributed by atoms with van der Waals surface area (Å²) in [5.74, 6) is 2.89. The summed E-state index contributed by atoms with van der Waals surface area (Å²) in [5, 5.41) is 3.49. The first kappa shape index (κ1) is 21.7. The van der Waals surface area contributed by atoms with Gasteiger partial charge in [0.05, 0.1) is 12.8 Å². The first-order valence-electron chi connectivity index (χ1n) is 10.7. The summed E-state index contributed by atoms with van der Waals surface area (Å²) in [6, 6.07) is 12.4. The molecule has 1 fully saturated rings. The number of aliphatic imine (C=N–C) groups is 1. The Bertz CT molecular complexity index is 811. The van der Waals surface area contributed by atoms with Gasteiger partial charge in [0, 0.05) is 59.1 Å². The lowest BCUT2D eigenvalue weighted by Gasteiger charge is -2.38. The Morgan fingerprint density at radius 2 is 1.83 bits per heavy atom. The number of ether oxygens (including phenoxy) is 1. The average molecular weight is 411 g/mol. The summed E-state index contributed by atoms with van der Waals surface area (Å²) >= 11 is 0. The molecule has 0 unspecified atom stereocenters. The highest BCUT2D eigenvalue weighted by Gasteiger charge is 2.21. The second-order valence-electron chi connectivity index (χ2n) is 7.24. The lowest BCUT2D eigenvalue weighted by Crippen LogP contribution is -2.52. The molecule has 1 aliphatic heterocycles. The molecule has 0 spiro atoms. The molecule has 7 nitrogen and oxygen atoms in total. The number of aromatic nitrogens is 1. The molecule has 0 bridgehead atoms. The van der Waals surface area contributed by atoms with Crippen LogP contribution in [-0.2, 0) is 6.54 Å². The molecule has 7 heteroatoms. The van der Waals surface area contributed by atoms with Crippen molar-refractivity contribution in [2.75, 3.05) is 63.2 Å². The van der Waals surface area contributed by atoms with E-state index in [0.29, 0.717) is 6.54 Å². The molecule has 3 rings (SSSR count). The third-order valence-corrected chi connectivity index (χ3v) is 5.56. The van der Waals surface area contributed by atoms with E-state index in [1.807, 2.05) is 25.4 Å². The van der Waals surface area contributed by atoms with Crippen molar-refractivity contribution in [2.45, 2.75) is 20.4 Å². The van der Waals surface area contributed by atoms with E-state index in [-0.39, 0.29) is 0 Å². The lowest BCUT2D eigenvalue weighted by atomic mass is 10.2. The van der Waals surface area contributed by atoms with Crippen LogP contribution in [0.5, 0.6) is 5.75 Å². The van der Waals surface area contributed by atoms with Gasteiger partial charge < -0.3 is 24.8 Å². The van der Waals surface area contributed by atoms with Crippen LogP contribution in [0.15, 0.2) is 47.6 Å². The number of para-hydroxylation sites is 2. The third kappa shape index (κ3) is 5.14. The van der Waals surface area contributed by atoms with Gasteiger partial charge >= 0.3 is 0 Å². The molecule has 2 aromatic rings. The normalized spacial score (nSPS) is 14.6. The minimum absolute atomic E-state index is 0.713. The van der Waals surface area contributed by atoms with Gasteiger partial charge in [0.25, 0.3) is 0 Å². The van der Waals surface area contributed by atoms with E-state index < -0.39 is 0 Å². The number of nitrogens with one attached hydrogen (secondary N) is 1. The summed E-state index contributed by atoms with van der Waals surface area (Å²) in [6.45, 7) is 10.6. The SMILES string of the molecule is CCN(CC)c1ccc(CNC(=NC)N2CCN(c3ccccc3OC)CC2)cn1. The third-order valence-electron chi connectivity index (χ3n) is 5.56. The Labute approximate surface area is 180 Å². The molecule has 1 aromatic heterocycles. The molecular weight excluding hydrogens is 376 g/mol. The van der Waals surface area contributed by atoms with E-state index in [1.165, 1.54) is 0 Å². The number of nitrogens with zero attached hydrogens (tertiary/aromatic N) is 5. The molecule has 0 saturated carbocycles. The van der Waals surface area contributed by atoms with Crippen LogP contribution in [0.2, 0.25) is 0 Å². The number of pyridine rings is 1. The van der Waals surface area contributed by atoms with Crippen LogP contribution in [0.1, 0.15) is 19.4 Å². The fourth-order valence-electron chi connectivity index (χ4n) is 3.82. The Hall–Kier alpha value is -2.96. The largest absolute Gasteiger partial charge is 0.495 e. The number of hydrogen-bond acceptors (Lipinski definition) is 5. The number of guanidine groups is 1. The zero-order valence-electron chi connectivity index (χ0n) is 18.6. The molecule has 30 heavy (non-hydrogen) atoms. The summed E-state index contributed by atoms with van der Waals surface area (Å²) in [7, 11) is 3.57. The molecule has 0 amide bonds. The van der Waals surface area contributed by atoms with E-state index in [2.05, 4.69) is 68.1 Å². The summed E-state index contributed by atoms with van der Waals surface area (Å²) in [6.07, 6.45) is 1.95. The van der Waals surface area contributed by atoms with Crippen molar-refractivity contribution in [1.29, 1.82) is 0 Å². The van der Waals surface area contributed by atoms with E-state index in [0.717, 1.165) is 68.0 Å². The van der Waals surface area contributed by atoms with Gasteiger partial charge in [-0.15, -0.1) is 0 Å². The summed E-state index contributed by atoms with van der Waals surface area (Å²) < 4.78 is 5.52. The van der Waals surface area contributed by atoms with Crippen molar-refractivity contribution in [3.8, 4) is 5.75 Å². The molecular formula is C23H34N6O. The molecule has 0 radical (unpaired) electrons. The Balaban J connectivity index is 1.54. The number of benzene rings is 1. The standard InChI is InChI=1S/C23H34N6O/c1-5-27(6-2)22-12-11-19(17-25-22)18-26-23(24-3)29-15-13-28(14-16-29)20-9-7-8-10-21(20)30-4/h7-12,17H,5-6,13-16,18H2,1-4H3,(H,24,26). The smallest absolute Gasteiger partial charge is 0.194 e. The van der Waals surface area contributed by atoms with Crippen molar-refractivity contribution in [3.05, 3.63) is 48.2 Å². The van der Waals surface area contributed by atoms with Crippen LogP contribution in [-0.4, -0.2) is 69.3 Å². The fourth-order valence-corrected chi connectivity index (χ4v) is 3.82. The maximum Gasteiger partial charge on any atom is 0.194 e. The van der Waals surface area contributed by atoms with Crippen molar-refractivity contribution in [3.63, 3.8) is 0 Å². The van der Waals surface area contributed by atoms with Crippen LogP contribution in [0.4, 0.5) is 11.5 Å². The van der Waals surface area contributed by atoms with Crippen molar-refractivity contribution < 1.29 is 4.74 Å². The minimum Gasteiger partial charge on any atom is -0.495 e. The molecule has 0 atom stereocenters. The van der Waals surface area contributed by atoms with E-state index in [1.54, 1.807) is 7.11 Å². The van der Waals surface area contributed by atoms with Gasteiger partial charge in [0.1, 0.15) is 11.6 Å². The fraction of sp³-hybridized carbons (Fsp3) is 0.478. The van der Waals surface area contributed by atoms with Gasteiger partial charge in [-0.1, -0.05) is 18.2 Å². The van der Waals surface area contributed by atoms with E-state index >= 15 is 0 Å². The van der Waals surface area contributed by atoms with Crippen LogP contribution >= 0.6 is 0 Å². The molecule has 1 saturated heterocycles. The Morgan fingerprint density at radius 3 is 2.43 bits per heavy atom. The first-order valence-corrected chi connectivity index (χ1v) is 10.7. The Kier molecular flexibility index (Phi) is 7.76. The zero-order chi connectivity index (χ0) is 21.3. The molecule has 1 N–H and O–H groups in total. The first-order chi connectivity index (χ1) is 14.7. The predicted molar refractivity (Wildman–Crippen MR) is 125 cm³/mol. The zero-order valence-corrected chi connectivity index (χ0v) is 18.6. The van der Waals surface area contributed by atoms with Gasteiger partial charge in [0.2, 0.25) is 0 Å². The average Bonchev–Trinajstić information content (AvgIpc) is 2.81. The molecule has 1 aromatic carbocycles. The highest BCUT2D eigenvalue weighted by molar-refractivity contribution is 5.80. The van der Waals surface area contributed by atoms with E-state index in [4.69, 9.17) is 4.74 Å². The maximum atomic E-state index is 5.52. The van der Waals surface area contributed by atoms with Crippen molar-refractivity contribution >= 4 is 17.5 Å². The van der Waals surface area contributed by atoms with Crippen molar-refractivity contribution in [2.24, 2.45) is 4.99 Å². The summed E-state index contributed by atoms with van der Waals surface area (Å²) in [4.78, 5) is 16.0. The monoisotopic (exact) mass is 410 g/mol. The second kappa shape index (κ2) is 10.7.